The molecule has 0 bridgehead atoms. The van der Waals surface area contributed by atoms with Gasteiger partial charge in [-0.15, -0.1) is 0 Å². The summed E-state index contributed by atoms with van der Waals surface area (Å²) in [6.07, 6.45) is 12.3. The summed E-state index contributed by atoms with van der Waals surface area (Å²) in [5.74, 6) is 0. The third-order valence-electron chi connectivity index (χ3n) is 3.91. The summed E-state index contributed by atoms with van der Waals surface area (Å²) in [5, 5.41) is 2.52. The Morgan fingerprint density at radius 1 is 0.958 bits per heavy atom. The Labute approximate surface area is 143 Å². The predicted molar refractivity (Wildman–Crippen MR) is 105 cm³/mol. The maximum absolute atomic E-state index is 4.36. The van der Waals surface area contributed by atoms with E-state index in [4.69, 9.17) is 0 Å². The van der Waals surface area contributed by atoms with Crippen molar-refractivity contribution in [3.8, 4) is 0 Å². The fourth-order valence-corrected chi connectivity index (χ4v) is 2.70. The lowest BCUT2D eigenvalue weighted by Crippen LogP contribution is -1.83. The molecular weight excluding hydrogens is 290 g/mol. The zero-order chi connectivity index (χ0) is 16.8. The topological polar surface area (TPSA) is 12.9 Å². The van der Waals surface area contributed by atoms with Crippen LogP contribution in [0.5, 0.6) is 0 Å². The number of allylic oxidation sites excluding steroid dienone is 5. The predicted octanol–water partition coefficient (Wildman–Crippen LogP) is 6.22. The van der Waals surface area contributed by atoms with Crippen LogP contribution in [0.4, 0.5) is 0 Å². The fraction of sp³-hybridized carbons (Fsp3) is 0.0870. The van der Waals surface area contributed by atoms with Gasteiger partial charge in [0, 0.05) is 6.20 Å². The van der Waals surface area contributed by atoms with Crippen LogP contribution >= 0.6 is 0 Å². The standard InChI is InChI=1S/C23H21N/c1-3-7-19(10-6-11-23-16-18(2)14-15-24-23)22-13-12-20-8-4-5-9-21(20)17-22/h3-17H,1-2H3. The van der Waals surface area contributed by atoms with Crippen molar-refractivity contribution in [1.29, 1.82) is 0 Å². The third kappa shape index (κ3) is 3.88. The molecule has 3 aromatic rings. The van der Waals surface area contributed by atoms with Gasteiger partial charge in [0.15, 0.2) is 0 Å². The van der Waals surface area contributed by atoms with Crippen molar-refractivity contribution in [3.63, 3.8) is 0 Å². The number of hydrogen-bond acceptors (Lipinski definition) is 1. The molecule has 0 aliphatic rings. The largest absolute Gasteiger partial charge is 0.257 e. The van der Waals surface area contributed by atoms with Gasteiger partial charge in [-0.3, -0.25) is 4.98 Å². The molecule has 24 heavy (non-hydrogen) atoms. The number of rotatable bonds is 4. The second kappa shape index (κ2) is 7.56. The zero-order valence-electron chi connectivity index (χ0n) is 14.1. The first-order chi connectivity index (χ1) is 11.8. The van der Waals surface area contributed by atoms with Crippen molar-refractivity contribution < 1.29 is 0 Å². The first-order valence-corrected chi connectivity index (χ1v) is 8.19. The summed E-state index contributed by atoms with van der Waals surface area (Å²) in [5.41, 5.74) is 4.60. The Kier molecular flexibility index (Phi) is 5.02. The molecule has 118 valence electrons. The average molecular weight is 311 g/mol. The fourth-order valence-electron chi connectivity index (χ4n) is 2.70. The van der Waals surface area contributed by atoms with E-state index in [0.717, 1.165) is 5.69 Å². The van der Waals surface area contributed by atoms with Gasteiger partial charge in [-0.05, 0) is 65.6 Å². The molecule has 0 radical (unpaired) electrons. The Hall–Kier alpha value is -2.93. The van der Waals surface area contributed by atoms with Crippen molar-refractivity contribution in [1.82, 2.24) is 4.98 Å². The maximum Gasteiger partial charge on any atom is 0.0632 e. The third-order valence-corrected chi connectivity index (χ3v) is 3.91. The average Bonchev–Trinajstić information content (AvgIpc) is 2.61. The smallest absolute Gasteiger partial charge is 0.0632 e. The maximum atomic E-state index is 4.36. The number of nitrogens with zero attached hydrogens (tertiary/aromatic N) is 1. The summed E-state index contributed by atoms with van der Waals surface area (Å²) >= 11 is 0. The molecule has 2 aromatic carbocycles. The van der Waals surface area contributed by atoms with E-state index in [1.54, 1.807) is 0 Å². The monoisotopic (exact) mass is 311 g/mol. The van der Waals surface area contributed by atoms with Gasteiger partial charge in [-0.1, -0.05) is 60.7 Å². The van der Waals surface area contributed by atoms with E-state index in [0.29, 0.717) is 0 Å². The first-order valence-electron chi connectivity index (χ1n) is 8.19. The minimum Gasteiger partial charge on any atom is -0.257 e. The van der Waals surface area contributed by atoms with E-state index in [1.807, 2.05) is 25.3 Å². The number of aryl methyl sites for hydroxylation is 1. The zero-order valence-corrected chi connectivity index (χ0v) is 14.1. The van der Waals surface area contributed by atoms with E-state index in [9.17, 15) is 0 Å². The molecule has 0 aliphatic heterocycles. The van der Waals surface area contributed by atoms with Gasteiger partial charge in [0.25, 0.3) is 0 Å². The van der Waals surface area contributed by atoms with Crippen LogP contribution < -0.4 is 0 Å². The summed E-state index contributed by atoms with van der Waals surface area (Å²) in [6.45, 7) is 4.12. The van der Waals surface area contributed by atoms with Gasteiger partial charge in [-0.2, -0.15) is 0 Å². The normalized spacial score (nSPS) is 12.5. The molecule has 0 spiro atoms. The number of aromatic nitrogens is 1. The highest BCUT2D eigenvalue weighted by molar-refractivity contribution is 5.88. The minimum absolute atomic E-state index is 0.976. The highest BCUT2D eigenvalue weighted by Gasteiger charge is 1.99. The molecule has 3 rings (SSSR count). The number of pyridine rings is 1. The second-order valence-electron chi connectivity index (χ2n) is 5.80. The Balaban J connectivity index is 1.93. The van der Waals surface area contributed by atoms with Gasteiger partial charge in [0.1, 0.15) is 0 Å². The Bertz CT molecular complexity index is 929. The summed E-state index contributed by atoms with van der Waals surface area (Å²) in [6, 6.07) is 19.1. The van der Waals surface area contributed by atoms with E-state index in [1.165, 1.54) is 27.5 Å². The molecule has 0 atom stereocenters. The van der Waals surface area contributed by atoms with Crippen molar-refractivity contribution in [3.05, 3.63) is 102 Å². The molecule has 0 unspecified atom stereocenters. The first kappa shape index (κ1) is 15.9. The quantitative estimate of drug-likeness (QED) is 0.521. The van der Waals surface area contributed by atoms with Crippen molar-refractivity contribution in [2.45, 2.75) is 13.8 Å². The van der Waals surface area contributed by atoms with Crippen LogP contribution in [0.1, 0.15) is 23.7 Å². The van der Waals surface area contributed by atoms with Gasteiger partial charge >= 0.3 is 0 Å². The molecule has 1 heteroatoms. The highest BCUT2D eigenvalue weighted by Crippen LogP contribution is 2.22. The SMILES string of the molecule is CC=CC(=CC=Cc1cc(C)ccn1)c1ccc2ccccc2c1. The van der Waals surface area contributed by atoms with Crippen LogP contribution in [0, 0.1) is 6.92 Å². The van der Waals surface area contributed by atoms with E-state index >= 15 is 0 Å². The van der Waals surface area contributed by atoms with Crippen LogP contribution in [0.3, 0.4) is 0 Å². The van der Waals surface area contributed by atoms with Gasteiger partial charge in [0.2, 0.25) is 0 Å². The highest BCUT2D eigenvalue weighted by atomic mass is 14.6. The van der Waals surface area contributed by atoms with E-state index < -0.39 is 0 Å². The number of hydrogen-bond donors (Lipinski definition) is 0. The van der Waals surface area contributed by atoms with Crippen LogP contribution in [0.2, 0.25) is 0 Å². The molecule has 0 saturated heterocycles. The van der Waals surface area contributed by atoms with Crippen LogP contribution in [0.15, 0.2) is 85.1 Å². The van der Waals surface area contributed by atoms with E-state index in [2.05, 4.69) is 84.7 Å². The Morgan fingerprint density at radius 2 is 1.79 bits per heavy atom. The molecule has 0 fully saturated rings. The van der Waals surface area contributed by atoms with Crippen molar-refractivity contribution in [2.24, 2.45) is 0 Å². The van der Waals surface area contributed by atoms with Gasteiger partial charge in [0.05, 0.1) is 5.69 Å². The molecule has 0 amide bonds. The van der Waals surface area contributed by atoms with Crippen LogP contribution in [-0.4, -0.2) is 4.98 Å². The second-order valence-corrected chi connectivity index (χ2v) is 5.80. The molecule has 1 heterocycles. The number of benzene rings is 2. The Morgan fingerprint density at radius 3 is 2.58 bits per heavy atom. The summed E-state index contributed by atoms with van der Waals surface area (Å²) in [4.78, 5) is 4.36. The number of fused-ring (bicyclic) bond motifs is 1. The minimum atomic E-state index is 0.976. The molecule has 0 aliphatic carbocycles. The molecule has 0 N–H and O–H groups in total. The van der Waals surface area contributed by atoms with Crippen molar-refractivity contribution >= 4 is 22.4 Å². The van der Waals surface area contributed by atoms with Gasteiger partial charge in [-0.25, -0.2) is 0 Å². The van der Waals surface area contributed by atoms with Crippen LogP contribution in [-0.2, 0) is 0 Å². The van der Waals surface area contributed by atoms with E-state index in [-0.39, 0.29) is 0 Å². The summed E-state index contributed by atoms with van der Waals surface area (Å²) < 4.78 is 0. The van der Waals surface area contributed by atoms with Crippen molar-refractivity contribution in [2.75, 3.05) is 0 Å². The molecule has 1 nitrogen and oxygen atoms in total. The molecule has 1 aromatic heterocycles. The summed E-state index contributed by atoms with van der Waals surface area (Å²) in [7, 11) is 0. The molecular formula is C23H21N. The molecule has 0 saturated carbocycles. The lowest BCUT2D eigenvalue weighted by Gasteiger charge is -2.04. The van der Waals surface area contributed by atoms with Crippen LogP contribution in [0.25, 0.3) is 22.4 Å². The van der Waals surface area contributed by atoms with Gasteiger partial charge < -0.3 is 0 Å². The lowest BCUT2D eigenvalue weighted by atomic mass is 10.0. The lowest BCUT2D eigenvalue weighted by molar-refractivity contribution is 1.26.